The van der Waals surface area contributed by atoms with Gasteiger partial charge < -0.3 is 9.31 Å². The lowest BCUT2D eigenvalue weighted by Gasteiger charge is -2.32. The lowest BCUT2D eigenvalue weighted by molar-refractivity contribution is 0.00578. The summed E-state index contributed by atoms with van der Waals surface area (Å²) in [6, 6.07) is 37.0. The molecule has 0 saturated carbocycles. The molecule has 4 aromatic carbocycles. The van der Waals surface area contributed by atoms with Crippen molar-refractivity contribution in [1.29, 1.82) is 0 Å². The smallest absolute Gasteiger partial charge is 0.399 e. The fourth-order valence-electron chi connectivity index (χ4n) is 5.03. The van der Waals surface area contributed by atoms with Crippen molar-refractivity contribution >= 4 is 92.2 Å². The van der Waals surface area contributed by atoms with Crippen molar-refractivity contribution < 1.29 is 9.31 Å². The molecule has 7 rings (SSSR count). The van der Waals surface area contributed by atoms with Gasteiger partial charge in [-0.25, -0.2) is 0 Å². The van der Waals surface area contributed by atoms with Gasteiger partial charge in [0.15, 0.2) is 0 Å². The Kier molecular flexibility index (Phi) is 13.5. The number of nitrogens with zero attached hydrogens (tertiary/aromatic N) is 2. The fraction of sp³-hybridized carbons (Fsp3) is 0.150. The van der Waals surface area contributed by atoms with Crippen LogP contribution >= 0.6 is 79.6 Å². The van der Waals surface area contributed by atoms with Gasteiger partial charge in [-0.15, -0.1) is 0 Å². The summed E-state index contributed by atoms with van der Waals surface area (Å²) in [7, 11) is -0.327. The predicted molar refractivity (Wildman–Crippen MR) is 225 cm³/mol. The highest BCUT2D eigenvalue weighted by molar-refractivity contribution is 9.11. The molecule has 6 aromatic rings. The molecule has 4 nitrogen and oxygen atoms in total. The molecule has 254 valence electrons. The summed E-state index contributed by atoms with van der Waals surface area (Å²) < 4.78 is 17.6. The molecule has 1 aliphatic rings. The highest BCUT2D eigenvalue weighted by Crippen LogP contribution is 2.37. The molecule has 1 aliphatic heterocycles. The van der Waals surface area contributed by atoms with Crippen molar-refractivity contribution in [1.82, 2.24) is 9.97 Å². The summed E-state index contributed by atoms with van der Waals surface area (Å²) in [4.78, 5) is 8.35. The summed E-state index contributed by atoms with van der Waals surface area (Å²) in [6.45, 7) is 8.27. The Bertz CT molecular complexity index is 1960. The molecule has 0 N–H and O–H groups in total. The van der Waals surface area contributed by atoms with Gasteiger partial charge in [-0.2, -0.15) is 0 Å². The Morgan fingerprint density at radius 3 is 1.26 bits per heavy atom. The second-order valence-corrected chi connectivity index (χ2v) is 17.1. The number of pyridine rings is 2. The molecule has 0 unspecified atom stereocenters. The molecule has 2 aromatic heterocycles. The first-order chi connectivity index (χ1) is 23.8. The summed E-state index contributed by atoms with van der Waals surface area (Å²) in [5, 5.41) is 0. The van der Waals surface area contributed by atoms with E-state index in [2.05, 4.69) is 178 Å². The third kappa shape index (κ3) is 10.6. The van der Waals surface area contributed by atoms with Gasteiger partial charge >= 0.3 is 7.12 Å². The van der Waals surface area contributed by atoms with E-state index in [1.165, 1.54) is 16.7 Å². The Morgan fingerprint density at radius 2 is 0.820 bits per heavy atom. The molecule has 10 heteroatoms. The maximum absolute atomic E-state index is 6.10. The minimum absolute atomic E-state index is 0.317. The summed E-state index contributed by atoms with van der Waals surface area (Å²) in [5.41, 5.74) is 7.28. The fourth-order valence-corrected chi connectivity index (χ4v) is 8.73. The molecule has 0 aliphatic carbocycles. The Hall–Kier alpha value is -2.44. The van der Waals surface area contributed by atoms with Crippen LogP contribution in [0, 0.1) is 0 Å². The van der Waals surface area contributed by atoms with Crippen LogP contribution in [-0.4, -0.2) is 28.3 Å². The van der Waals surface area contributed by atoms with Crippen molar-refractivity contribution in [3.63, 3.8) is 0 Å². The number of benzene rings is 4. The van der Waals surface area contributed by atoms with Crippen LogP contribution < -0.4 is 5.46 Å². The second-order valence-electron chi connectivity index (χ2n) is 12.5. The van der Waals surface area contributed by atoms with Crippen LogP contribution in [0.5, 0.6) is 0 Å². The molecule has 3 heterocycles. The van der Waals surface area contributed by atoms with Crippen LogP contribution in [0.1, 0.15) is 27.7 Å². The van der Waals surface area contributed by atoms with Gasteiger partial charge in [-0.1, -0.05) is 134 Å². The summed E-state index contributed by atoms with van der Waals surface area (Å²) in [6.07, 6.45) is 7.32. The summed E-state index contributed by atoms with van der Waals surface area (Å²) >= 11 is 17.1. The predicted octanol–water partition coefficient (Wildman–Crippen LogP) is 13.0. The van der Waals surface area contributed by atoms with Crippen molar-refractivity contribution in [2.45, 2.75) is 38.9 Å². The quantitative estimate of drug-likeness (QED) is 0.165. The van der Waals surface area contributed by atoms with Gasteiger partial charge in [-0.05, 0) is 116 Å². The molecule has 1 fully saturated rings. The van der Waals surface area contributed by atoms with E-state index in [0.29, 0.717) is 0 Å². The van der Waals surface area contributed by atoms with Crippen LogP contribution in [0.3, 0.4) is 0 Å². The minimum atomic E-state index is -0.327. The minimum Gasteiger partial charge on any atom is -0.399 e. The normalized spacial score (nSPS) is 14.2. The van der Waals surface area contributed by atoms with E-state index in [0.717, 1.165) is 44.5 Å². The van der Waals surface area contributed by atoms with Crippen LogP contribution in [0.4, 0.5) is 0 Å². The lowest BCUT2D eigenvalue weighted by Crippen LogP contribution is -2.41. The molecule has 50 heavy (non-hydrogen) atoms. The number of aromatic nitrogens is 2. The monoisotopic (exact) mass is 980 g/mol. The maximum atomic E-state index is 6.10. The Labute approximate surface area is 337 Å². The lowest BCUT2D eigenvalue weighted by atomic mass is 9.78. The first kappa shape index (κ1) is 38.8. The number of halogens is 5. The van der Waals surface area contributed by atoms with E-state index >= 15 is 0 Å². The zero-order chi connectivity index (χ0) is 35.9. The van der Waals surface area contributed by atoms with Gasteiger partial charge in [0.05, 0.1) is 11.2 Å². The molecular weight excluding hydrogens is 951 g/mol. The van der Waals surface area contributed by atoms with Crippen LogP contribution in [0.2, 0.25) is 0 Å². The van der Waals surface area contributed by atoms with Crippen molar-refractivity contribution in [2.75, 3.05) is 0 Å². The zero-order valence-corrected chi connectivity index (χ0v) is 35.8. The number of hydrogen-bond acceptors (Lipinski definition) is 4. The SMILES string of the molecule is Brc1cc(Br)cc(-c2cccc(-c3cccnc3)c2)c1.Brc1cc(Br)cc(Br)c1.CC1(C)OB(c2cccc(-c3cccnc3)c2)OC1(C)C. The van der Waals surface area contributed by atoms with E-state index < -0.39 is 0 Å². The zero-order valence-electron chi connectivity index (χ0n) is 27.9. The summed E-state index contributed by atoms with van der Waals surface area (Å²) in [5.74, 6) is 0. The van der Waals surface area contributed by atoms with Crippen LogP contribution in [-0.2, 0) is 9.31 Å². The topological polar surface area (TPSA) is 44.2 Å². The highest BCUT2D eigenvalue weighted by atomic mass is 79.9. The van der Waals surface area contributed by atoms with Gasteiger partial charge in [0.1, 0.15) is 0 Å². The van der Waals surface area contributed by atoms with Crippen LogP contribution in [0.25, 0.3) is 33.4 Å². The van der Waals surface area contributed by atoms with E-state index in [4.69, 9.17) is 9.31 Å². The van der Waals surface area contributed by atoms with Crippen molar-refractivity contribution in [3.8, 4) is 33.4 Å². The second kappa shape index (κ2) is 17.4. The average molecular weight is 985 g/mol. The third-order valence-corrected chi connectivity index (χ3v) is 10.6. The highest BCUT2D eigenvalue weighted by Gasteiger charge is 2.51. The molecule has 0 spiro atoms. The van der Waals surface area contributed by atoms with Crippen LogP contribution in [0.15, 0.2) is 156 Å². The number of rotatable bonds is 4. The number of hydrogen-bond donors (Lipinski definition) is 0. The largest absolute Gasteiger partial charge is 0.494 e. The van der Waals surface area contributed by atoms with Crippen molar-refractivity contribution in [2.24, 2.45) is 0 Å². The third-order valence-electron chi connectivity index (χ3n) is 8.29. The molecule has 0 bridgehead atoms. The Balaban J connectivity index is 0.000000157. The average Bonchev–Trinajstić information content (AvgIpc) is 3.31. The van der Waals surface area contributed by atoms with Crippen molar-refractivity contribution in [3.05, 3.63) is 156 Å². The standard InChI is InChI=1S/C17H20BNO2.C17H11Br2N.C6H3Br3/c1-16(2)17(3,4)21-18(20-16)15-9-5-7-13(11-15)14-8-6-10-19-12-14;18-16-8-15(9-17(19)10-16)13-4-1-3-12(7-13)14-5-2-6-20-11-14;7-4-1-5(8)3-6(9)2-4/h5-12H,1-4H3;1-11H;1-3H. The molecule has 0 radical (unpaired) electrons. The Morgan fingerprint density at radius 1 is 0.440 bits per heavy atom. The van der Waals surface area contributed by atoms with Gasteiger partial charge in [0, 0.05) is 52.7 Å². The van der Waals surface area contributed by atoms with Gasteiger partial charge in [-0.3, -0.25) is 9.97 Å². The molecule has 0 atom stereocenters. The van der Waals surface area contributed by atoms with E-state index in [1.54, 1.807) is 12.4 Å². The molecule has 0 amide bonds. The van der Waals surface area contributed by atoms with E-state index in [9.17, 15) is 0 Å². The molecule has 1 saturated heterocycles. The van der Waals surface area contributed by atoms with Gasteiger partial charge in [0.25, 0.3) is 0 Å². The van der Waals surface area contributed by atoms with Gasteiger partial charge in [0.2, 0.25) is 0 Å². The van der Waals surface area contributed by atoms with E-state index in [1.807, 2.05) is 60.9 Å². The maximum Gasteiger partial charge on any atom is 0.494 e. The molecular formula is C40H34BBr5N2O2. The van der Waals surface area contributed by atoms with E-state index in [-0.39, 0.29) is 18.3 Å². The first-order valence-electron chi connectivity index (χ1n) is 15.7. The first-order valence-corrected chi connectivity index (χ1v) is 19.7.